The Morgan fingerprint density at radius 3 is 2.58 bits per heavy atom. The van der Waals surface area contributed by atoms with Gasteiger partial charge in [0.05, 0.1) is 5.69 Å². The molecule has 6 atom stereocenters. The molecule has 1 spiro atoms. The molecule has 7 nitrogen and oxygen atoms in total. The number of hydrogen-bond acceptors (Lipinski definition) is 4. The Hall–Kier alpha value is -2.25. The smallest absolute Gasteiger partial charge is 0.291 e. The lowest BCUT2D eigenvalue weighted by Crippen LogP contribution is -3.00. The molecule has 2 fully saturated rings. The highest BCUT2D eigenvalue weighted by Crippen LogP contribution is 2.49. The lowest BCUT2D eigenvalue weighted by molar-refractivity contribution is -0.738. The van der Waals surface area contributed by atoms with Crippen molar-refractivity contribution in [3.8, 4) is 0 Å². The van der Waals surface area contributed by atoms with Crippen LogP contribution >= 0.6 is 0 Å². The molecule has 1 aromatic rings. The maximum absolute atomic E-state index is 13.3. The lowest BCUT2D eigenvalue weighted by Gasteiger charge is -2.29. The monoisotopic (exact) mass is 358 g/mol. The van der Waals surface area contributed by atoms with Gasteiger partial charge in [-0.3, -0.25) is 19.3 Å². The van der Waals surface area contributed by atoms with Crippen molar-refractivity contribution in [2.45, 2.75) is 50.9 Å². The Morgan fingerprint density at radius 2 is 1.92 bits per heavy atom. The molecular weight excluding hydrogens is 334 g/mol. The zero-order valence-electron chi connectivity index (χ0n) is 15.1. The zero-order chi connectivity index (χ0) is 18.8. The molecule has 26 heavy (non-hydrogen) atoms. The number of likely N-dealkylation sites (tertiary alicyclic amines) is 1. The van der Waals surface area contributed by atoms with Gasteiger partial charge in [0.25, 0.3) is 5.91 Å². The summed E-state index contributed by atoms with van der Waals surface area (Å²) in [6.45, 7) is 5.37. The molecular formula is C19H24N3O4+. The normalized spacial score (nSPS) is 34.8. The van der Waals surface area contributed by atoms with Crippen molar-refractivity contribution in [2.75, 3.05) is 5.32 Å². The van der Waals surface area contributed by atoms with E-state index in [2.05, 4.69) is 5.32 Å². The van der Waals surface area contributed by atoms with E-state index in [1.807, 2.05) is 32.0 Å². The fourth-order valence-corrected chi connectivity index (χ4v) is 4.92. The molecule has 3 amide bonds. The molecule has 0 aliphatic carbocycles. The highest BCUT2D eigenvalue weighted by molar-refractivity contribution is 6.14. The van der Waals surface area contributed by atoms with E-state index in [-0.39, 0.29) is 23.8 Å². The van der Waals surface area contributed by atoms with Crippen LogP contribution in [0.15, 0.2) is 24.3 Å². The number of aliphatic hydroxyl groups excluding tert-OH is 1. The van der Waals surface area contributed by atoms with Crippen molar-refractivity contribution < 1.29 is 24.8 Å². The second-order valence-corrected chi connectivity index (χ2v) is 7.66. The van der Waals surface area contributed by atoms with E-state index < -0.39 is 29.5 Å². The number of rotatable bonds is 3. The van der Waals surface area contributed by atoms with Crippen molar-refractivity contribution in [3.05, 3.63) is 29.8 Å². The Morgan fingerprint density at radius 1 is 1.23 bits per heavy atom. The quantitative estimate of drug-likeness (QED) is 0.637. The Bertz CT molecular complexity index is 808. The van der Waals surface area contributed by atoms with Gasteiger partial charge in [-0.15, -0.1) is 0 Å². The predicted octanol–water partition coefficient (Wildman–Crippen LogP) is -0.440. The lowest BCUT2D eigenvalue weighted by atomic mass is 9.76. The maximum atomic E-state index is 13.3. The summed E-state index contributed by atoms with van der Waals surface area (Å²) in [4.78, 5) is 40.8. The third kappa shape index (κ3) is 1.92. The van der Waals surface area contributed by atoms with Crippen molar-refractivity contribution >= 4 is 23.4 Å². The summed E-state index contributed by atoms with van der Waals surface area (Å²) in [5.74, 6) is -2.36. The van der Waals surface area contributed by atoms with Crippen LogP contribution in [0.4, 0.5) is 5.69 Å². The van der Waals surface area contributed by atoms with Gasteiger partial charge in [-0.2, -0.15) is 0 Å². The van der Waals surface area contributed by atoms with Crippen molar-refractivity contribution in [1.82, 2.24) is 4.90 Å². The number of nitrogens with zero attached hydrogens (tertiary/aromatic N) is 1. The summed E-state index contributed by atoms with van der Waals surface area (Å²) in [6.07, 6.45) is -0.175. The fraction of sp³-hybridized carbons (Fsp3) is 0.526. The molecule has 1 aromatic carbocycles. The summed E-state index contributed by atoms with van der Waals surface area (Å²) in [6, 6.07) is 6.51. The van der Waals surface area contributed by atoms with E-state index >= 15 is 0 Å². The average Bonchev–Trinajstić information content (AvgIpc) is 3.20. The Balaban J connectivity index is 1.90. The van der Waals surface area contributed by atoms with E-state index in [4.69, 9.17) is 0 Å². The van der Waals surface area contributed by atoms with Crippen LogP contribution in [0.1, 0.15) is 32.8 Å². The highest BCUT2D eigenvalue weighted by Gasteiger charge is 2.75. The summed E-state index contributed by atoms with van der Waals surface area (Å²) < 4.78 is 0. The van der Waals surface area contributed by atoms with E-state index in [1.54, 1.807) is 18.3 Å². The second-order valence-electron chi connectivity index (χ2n) is 7.66. The molecule has 0 saturated carbocycles. The second kappa shape index (κ2) is 5.62. The van der Waals surface area contributed by atoms with Gasteiger partial charge in [0.2, 0.25) is 17.4 Å². The molecule has 3 aliphatic heterocycles. The summed E-state index contributed by atoms with van der Waals surface area (Å²) in [7, 11) is 0. The number of aliphatic hydroxyl groups is 1. The van der Waals surface area contributed by atoms with E-state index in [0.29, 0.717) is 12.1 Å². The van der Waals surface area contributed by atoms with E-state index in [9.17, 15) is 19.5 Å². The summed E-state index contributed by atoms with van der Waals surface area (Å²) >= 11 is 0. The molecule has 0 aromatic heterocycles. The molecule has 4 N–H and O–H groups in total. The van der Waals surface area contributed by atoms with Crippen LogP contribution in [0.5, 0.6) is 0 Å². The van der Waals surface area contributed by atoms with Crippen molar-refractivity contribution in [3.63, 3.8) is 0 Å². The van der Waals surface area contributed by atoms with Crippen LogP contribution in [-0.2, 0) is 19.9 Å². The van der Waals surface area contributed by atoms with Crippen molar-refractivity contribution in [2.24, 2.45) is 11.8 Å². The predicted molar refractivity (Wildman–Crippen MR) is 92.7 cm³/mol. The van der Waals surface area contributed by atoms with Gasteiger partial charge in [-0.05, 0) is 26.3 Å². The number of benzene rings is 1. The number of fused-ring (bicyclic) bond motifs is 4. The first-order chi connectivity index (χ1) is 12.3. The van der Waals surface area contributed by atoms with Gasteiger partial charge in [0.1, 0.15) is 24.0 Å². The number of carbonyl (C=O) groups is 3. The molecule has 138 valence electrons. The van der Waals surface area contributed by atoms with Crippen LogP contribution in [0.3, 0.4) is 0 Å². The SMILES string of the molecule is CC[C@H](C)N1C(=O)[C@@H]2[C@H]([C@@H](C)O)[NH2+][C@]3(C(=O)Nc4ccccc43)[C@@H]2C1=O. The molecule has 4 rings (SSSR count). The molecule has 7 heteroatoms. The maximum Gasteiger partial charge on any atom is 0.291 e. The standard InChI is InChI=1S/C19H23N3O4/c1-4-9(2)22-16(24)13-14(17(22)25)19(21-15(13)10(3)23)11-7-5-6-8-12(11)20-18(19)26/h5-10,13-15,21,23H,4H2,1-3H3,(H,20,26)/p+1/t9-,10+,13-,14-,15-,19-/m0/s1. The molecule has 3 aliphatic rings. The van der Waals surface area contributed by atoms with Crippen LogP contribution in [0.2, 0.25) is 0 Å². The van der Waals surface area contributed by atoms with Gasteiger partial charge in [-0.1, -0.05) is 25.1 Å². The average molecular weight is 358 g/mol. The Labute approximate surface area is 151 Å². The van der Waals surface area contributed by atoms with Gasteiger partial charge in [0, 0.05) is 11.6 Å². The first-order valence-electron chi connectivity index (χ1n) is 9.16. The van der Waals surface area contributed by atoms with Gasteiger partial charge >= 0.3 is 0 Å². The number of carbonyl (C=O) groups excluding carboxylic acids is 3. The van der Waals surface area contributed by atoms with Gasteiger partial charge < -0.3 is 15.7 Å². The molecule has 3 heterocycles. The van der Waals surface area contributed by atoms with E-state index in [1.165, 1.54) is 4.90 Å². The molecule has 0 unspecified atom stereocenters. The number of quaternary nitrogens is 1. The van der Waals surface area contributed by atoms with Crippen LogP contribution in [0, 0.1) is 11.8 Å². The summed E-state index contributed by atoms with van der Waals surface area (Å²) in [5.41, 5.74) is 0.189. The first kappa shape index (κ1) is 17.2. The number of anilines is 1. The molecule has 0 bridgehead atoms. The van der Waals surface area contributed by atoms with Crippen LogP contribution < -0.4 is 10.6 Å². The van der Waals surface area contributed by atoms with Crippen molar-refractivity contribution in [1.29, 1.82) is 0 Å². The van der Waals surface area contributed by atoms with Gasteiger partial charge in [0.15, 0.2) is 0 Å². The van der Waals surface area contributed by atoms with Crippen LogP contribution in [-0.4, -0.2) is 45.9 Å². The zero-order valence-corrected chi connectivity index (χ0v) is 15.1. The number of nitrogens with two attached hydrogens (primary N) is 1. The van der Waals surface area contributed by atoms with Crippen LogP contribution in [0.25, 0.3) is 0 Å². The Kier molecular flexibility index (Phi) is 3.71. The number of hydrogen-bond donors (Lipinski definition) is 3. The van der Waals surface area contributed by atoms with E-state index in [0.717, 1.165) is 5.56 Å². The van der Waals surface area contributed by atoms with Gasteiger partial charge in [-0.25, -0.2) is 0 Å². The number of imide groups is 1. The first-order valence-corrected chi connectivity index (χ1v) is 9.16. The molecule has 2 saturated heterocycles. The highest BCUT2D eigenvalue weighted by atomic mass is 16.3. The summed E-state index contributed by atoms with van der Waals surface area (Å²) in [5, 5.41) is 14.9. The largest absolute Gasteiger partial charge is 0.387 e. The minimum absolute atomic E-state index is 0.230. The molecule has 0 radical (unpaired) electrons. The number of amides is 3. The minimum atomic E-state index is -1.20. The fourth-order valence-electron chi connectivity index (χ4n) is 4.92. The number of para-hydroxylation sites is 1. The third-order valence-electron chi connectivity index (χ3n) is 6.33. The topological polar surface area (TPSA) is 103 Å². The number of nitrogens with one attached hydrogen (secondary N) is 1. The minimum Gasteiger partial charge on any atom is -0.387 e. The third-order valence-corrected chi connectivity index (χ3v) is 6.33.